The molecule has 3 N–H and O–H groups in total. The van der Waals surface area contributed by atoms with Crippen LogP contribution in [-0.4, -0.2) is 43.1 Å². The van der Waals surface area contributed by atoms with Crippen molar-refractivity contribution in [2.24, 2.45) is 0 Å². The normalized spacial score (nSPS) is 23.6. The van der Waals surface area contributed by atoms with Crippen LogP contribution in [0.5, 0.6) is 0 Å². The average Bonchev–Trinajstić information content (AvgIpc) is 3.17. The fraction of sp³-hybridized carbons (Fsp3) is 0.312. The van der Waals surface area contributed by atoms with E-state index in [1.807, 2.05) is 24.3 Å². The van der Waals surface area contributed by atoms with Crippen LogP contribution in [0.4, 0.5) is 0 Å². The van der Waals surface area contributed by atoms with Gasteiger partial charge >= 0.3 is 0 Å². The molecule has 0 radical (unpaired) electrons. The van der Waals surface area contributed by atoms with Crippen molar-refractivity contribution in [2.45, 2.75) is 31.0 Å². The first kappa shape index (κ1) is 14.0. The molecule has 1 aliphatic rings. The average molecular weight is 311 g/mol. The van der Waals surface area contributed by atoms with Gasteiger partial charge in [-0.05, 0) is 24.1 Å². The first-order valence-electron chi connectivity index (χ1n) is 7.59. The lowest BCUT2D eigenvalue weighted by Crippen LogP contribution is -2.56. The SMILES string of the molecule is O=C(Cc1ccc2cn[nH]c2c1)N[C@H]1C[C@@H](O)[C@@H]1n1cccn1. The fourth-order valence-corrected chi connectivity index (χ4v) is 3.11. The summed E-state index contributed by atoms with van der Waals surface area (Å²) in [5.74, 6) is -0.0575. The summed E-state index contributed by atoms with van der Waals surface area (Å²) in [6, 6.07) is 7.34. The molecule has 2 aromatic heterocycles. The molecule has 0 aliphatic heterocycles. The summed E-state index contributed by atoms with van der Waals surface area (Å²) in [4.78, 5) is 12.3. The molecule has 0 unspecified atom stereocenters. The molecule has 0 saturated heterocycles. The van der Waals surface area contributed by atoms with Gasteiger partial charge in [-0.2, -0.15) is 10.2 Å². The number of H-pyrrole nitrogens is 1. The summed E-state index contributed by atoms with van der Waals surface area (Å²) in [5, 5.41) is 25.0. The monoisotopic (exact) mass is 311 g/mol. The Morgan fingerprint density at radius 1 is 1.48 bits per heavy atom. The lowest BCUT2D eigenvalue weighted by atomic mass is 9.83. The Balaban J connectivity index is 1.41. The lowest BCUT2D eigenvalue weighted by molar-refractivity contribution is -0.124. The van der Waals surface area contributed by atoms with Gasteiger partial charge in [0, 0.05) is 17.8 Å². The molecule has 1 fully saturated rings. The van der Waals surface area contributed by atoms with Gasteiger partial charge in [0.1, 0.15) is 0 Å². The van der Waals surface area contributed by atoms with E-state index in [0.29, 0.717) is 12.8 Å². The summed E-state index contributed by atoms with van der Waals surface area (Å²) in [5.41, 5.74) is 1.85. The molecule has 118 valence electrons. The van der Waals surface area contributed by atoms with E-state index in [4.69, 9.17) is 0 Å². The third kappa shape index (κ3) is 2.59. The van der Waals surface area contributed by atoms with Gasteiger partial charge in [-0.15, -0.1) is 0 Å². The number of amides is 1. The Bertz CT molecular complexity index is 826. The number of aliphatic hydroxyl groups is 1. The number of nitrogens with one attached hydrogen (secondary N) is 2. The van der Waals surface area contributed by atoms with Crippen LogP contribution in [0.15, 0.2) is 42.9 Å². The van der Waals surface area contributed by atoms with E-state index in [2.05, 4.69) is 20.6 Å². The number of hydrogen-bond acceptors (Lipinski definition) is 4. The molecule has 3 atom stereocenters. The van der Waals surface area contributed by atoms with E-state index in [1.165, 1.54) is 0 Å². The number of carbonyl (C=O) groups excluding carboxylic acids is 1. The summed E-state index contributed by atoms with van der Waals surface area (Å²) < 4.78 is 1.70. The quantitative estimate of drug-likeness (QED) is 0.664. The molecule has 3 aromatic rings. The van der Waals surface area contributed by atoms with Gasteiger partial charge in [0.15, 0.2) is 0 Å². The van der Waals surface area contributed by atoms with Crippen LogP contribution < -0.4 is 5.32 Å². The molecule has 0 spiro atoms. The number of aliphatic hydroxyl groups excluding tert-OH is 1. The molecule has 1 amide bonds. The zero-order valence-corrected chi connectivity index (χ0v) is 12.4. The topological polar surface area (TPSA) is 95.8 Å². The van der Waals surface area contributed by atoms with Crippen molar-refractivity contribution in [3.63, 3.8) is 0 Å². The second-order valence-electron chi connectivity index (χ2n) is 5.92. The molecule has 23 heavy (non-hydrogen) atoms. The summed E-state index contributed by atoms with van der Waals surface area (Å²) in [6.07, 6.45) is 5.61. The van der Waals surface area contributed by atoms with Crippen LogP contribution in [0.2, 0.25) is 0 Å². The number of aromatic amines is 1. The molecule has 1 aromatic carbocycles. The van der Waals surface area contributed by atoms with E-state index in [0.717, 1.165) is 16.5 Å². The highest BCUT2D eigenvalue weighted by Gasteiger charge is 2.42. The highest BCUT2D eigenvalue weighted by atomic mass is 16.3. The van der Waals surface area contributed by atoms with E-state index in [-0.39, 0.29) is 18.0 Å². The van der Waals surface area contributed by atoms with Gasteiger partial charge in [0.25, 0.3) is 0 Å². The molecular formula is C16H17N5O2. The first-order valence-corrected chi connectivity index (χ1v) is 7.59. The minimum absolute atomic E-state index is 0.0575. The second kappa shape index (κ2) is 5.51. The minimum Gasteiger partial charge on any atom is -0.391 e. The van der Waals surface area contributed by atoms with Crippen LogP contribution >= 0.6 is 0 Å². The molecule has 0 bridgehead atoms. The van der Waals surface area contributed by atoms with Crippen LogP contribution in [-0.2, 0) is 11.2 Å². The Morgan fingerprint density at radius 2 is 2.39 bits per heavy atom. The van der Waals surface area contributed by atoms with Crippen LogP contribution in [0.25, 0.3) is 10.9 Å². The maximum Gasteiger partial charge on any atom is 0.224 e. The van der Waals surface area contributed by atoms with Crippen molar-refractivity contribution < 1.29 is 9.90 Å². The van der Waals surface area contributed by atoms with Crippen molar-refractivity contribution in [1.29, 1.82) is 0 Å². The standard InChI is InChI=1S/C16H17N5O2/c22-14-8-13(16(14)21-5-1-4-18-21)19-15(23)7-10-2-3-11-9-17-20-12(11)6-10/h1-6,9,13-14,16,22H,7-8H2,(H,17,20)(H,19,23)/t13-,14+,16+/m0/s1. The number of nitrogens with zero attached hydrogens (tertiary/aromatic N) is 3. The Labute approximate surface area is 132 Å². The smallest absolute Gasteiger partial charge is 0.224 e. The van der Waals surface area contributed by atoms with Gasteiger partial charge in [-0.3, -0.25) is 14.6 Å². The predicted molar refractivity (Wildman–Crippen MR) is 83.6 cm³/mol. The number of fused-ring (bicyclic) bond motifs is 1. The summed E-state index contributed by atoms with van der Waals surface area (Å²) in [7, 11) is 0. The highest BCUT2D eigenvalue weighted by molar-refractivity contribution is 5.83. The number of carbonyl (C=O) groups is 1. The van der Waals surface area contributed by atoms with Gasteiger partial charge in [-0.25, -0.2) is 0 Å². The zero-order chi connectivity index (χ0) is 15.8. The summed E-state index contributed by atoms with van der Waals surface area (Å²) in [6.45, 7) is 0. The Morgan fingerprint density at radius 3 is 3.17 bits per heavy atom. The van der Waals surface area contributed by atoms with Crippen LogP contribution in [0.1, 0.15) is 18.0 Å². The molecule has 1 saturated carbocycles. The van der Waals surface area contributed by atoms with E-state index < -0.39 is 6.10 Å². The highest BCUT2D eigenvalue weighted by Crippen LogP contribution is 2.32. The Hall–Kier alpha value is -2.67. The molecule has 2 heterocycles. The fourth-order valence-electron chi connectivity index (χ4n) is 3.11. The second-order valence-corrected chi connectivity index (χ2v) is 5.92. The van der Waals surface area contributed by atoms with Gasteiger partial charge in [0.2, 0.25) is 5.91 Å². The van der Waals surface area contributed by atoms with Crippen molar-refractivity contribution >= 4 is 16.8 Å². The maximum atomic E-state index is 12.3. The van der Waals surface area contributed by atoms with Crippen LogP contribution in [0, 0.1) is 0 Å². The van der Waals surface area contributed by atoms with Crippen molar-refractivity contribution in [3.05, 3.63) is 48.4 Å². The van der Waals surface area contributed by atoms with E-state index in [9.17, 15) is 9.90 Å². The Kier molecular flexibility index (Phi) is 3.34. The van der Waals surface area contributed by atoms with Crippen molar-refractivity contribution in [3.8, 4) is 0 Å². The molecular weight excluding hydrogens is 294 g/mol. The van der Waals surface area contributed by atoms with Crippen molar-refractivity contribution in [2.75, 3.05) is 0 Å². The largest absolute Gasteiger partial charge is 0.391 e. The number of aromatic nitrogens is 4. The minimum atomic E-state index is -0.471. The number of hydrogen-bond donors (Lipinski definition) is 3. The summed E-state index contributed by atoms with van der Waals surface area (Å²) >= 11 is 0. The van der Waals surface area contributed by atoms with Gasteiger partial charge in [0.05, 0.1) is 36.3 Å². The molecule has 7 heteroatoms. The molecule has 4 rings (SSSR count). The van der Waals surface area contributed by atoms with Gasteiger partial charge < -0.3 is 10.4 Å². The number of rotatable bonds is 4. The third-order valence-corrected chi connectivity index (χ3v) is 4.35. The van der Waals surface area contributed by atoms with Crippen molar-refractivity contribution in [1.82, 2.24) is 25.3 Å². The first-order chi connectivity index (χ1) is 11.2. The maximum absolute atomic E-state index is 12.3. The zero-order valence-electron chi connectivity index (χ0n) is 12.4. The van der Waals surface area contributed by atoms with E-state index >= 15 is 0 Å². The van der Waals surface area contributed by atoms with Crippen LogP contribution in [0.3, 0.4) is 0 Å². The molecule has 7 nitrogen and oxygen atoms in total. The predicted octanol–water partition coefficient (Wildman–Crippen LogP) is 0.793. The molecule has 1 aliphatic carbocycles. The van der Waals surface area contributed by atoms with E-state index in [1.54, 1.807) is 23.3 Å². The third-order valence-electron chi connectivity index (χ3n) is 4.35. The number of benzene rings is 1. The van der Waals surface area contributed by atoms with Gasteiger partial charge in [-0.1, -0.05) is 12.1 Å². The lowest BCUT2D eigenvalue weighted by Gasteiger charge is -2.41.